The monoisotopic (exact) mass is 397 g/mol. The smallest absolute Gasteiger partial charge is 0.151 e. The van der Waals surface area contributed by atoms with Gasteiger partial charge >= 0.3 is 0 Å². The van der Waals surface area contributed by atoms with Crippen molar-refractivity contribution >= 4 is 51.5 Å². The zero-order valence-corrected chi connectivity index (χ0v) is 17.2. The Morgan fingerprint density at radius 2 is 1.67 bits per heavy atom. The number of thiazole rings is 1. The lowest BCUT2D eigenvalue weighted by molar-refractivity contribution is 0.472. The molecule has 0 unspecified atom stereocenters. The topological polar surface area (TPSA) is 19.4 Å². The van der Waals surface area contributed by atoms with Crippen molar-refractivity contribution in [1.82, 2.24) is 14.3 Å². The first-order chi connectivity index (χ1) is 11.8. The van der Waals surface area contributed by atoms with E-state index in [0.29, 0.717) is 0 Å². The van der Waals surface area contributed by atoms with Gasteiger partial charge in [-0.15, -0.1) is 11.3 Å². The van der Waals surface area contributed by atoms with E-state index in [0.717, 1.165) is 17.4 Å². The van der Waals surface area contributed by atoms with Gasteiger partial charge in [0.2, 0.25) is 0 Å². The van der Waals surface area contributed by atoms with Crippen molar-refractivity contribution in [3.63, 3.8) is 0 Å². The Labute approximate surface area is 157 Å². The third kappa shape index (κ3) is 3.60. The molecule has 2 saturated heterocycles. The van der Waals surface area contributed by atoms with Gasteiger partial charge in [-0.05, 0) is 37.8 Å². The minimum atomic E-state index is -1.53. The Bertz CT molecular complexity index is 683. The van der Waals surface area contributed by atoms with Gasteiger partial charge in [0, 0.05) is 38.1 Å². The Morgan fingerprint density at radius 3 is 2.29 bits per heavy atom. The normalized spacial score (nSPS) is 20.3. The number of hydrogen-bond acceptors (Lipinski definition) is 4. The molecule has 1 aromatic carbocycles. The van der Waals surface area contributed by atoms with Crippen LogP contribution in [0.25, 0.3) is 10.2 Å². The standard InChI is InChI=1S/C17H24N3PS3/c22-21(19-9-3-4-10-19,20-11-5-6-12-20)13-14-23-17-18-15-7-1-2-8-16(15)24-17/h1-2,7-8H,3-6,9-14H2. The van der Waals surface area contributed by atoms with Crippen LogP contribution in [0.3, 0.4) is 0 Å². The molecule has 130 valence electrons. The average molecular weight is 398 g/mol. The molecule has 0 atom stereocenters. The van der Waals surface area contributed by atoms with Gasteiger partial charge in [-0.1, -0.05) is 35.7 Å². The summed E-state index contributed by atoms with van der Waals surface area (Å²) in [5.41, 5.74) is 1.13. The largest absolute Gasteiger partial charge is 0.264 e. The van der Waals surface area contributed by atoms with Crippen LogP contribution in [0.4, 0.5) is 0 Å². The highest BCUT2D eigenvalue weighted by atomic mass is 32.4. The predicted octanol–water partition coefficient (Wildman–Crippen LogP) is 4.89. The van der Waals surface area contributed by atoms with Crippen molar-refractivity contribution in [2.24, 2.45) is 0 Å². The number of aromatic nitrogens is 1. The van der Waals surface area contributed by atoms with E-state index in [-0.39, 0.29) is 0 Å². The van der Waals surface area contributed by atoms with Crippen LogP contribution in [-0.2, 0) is 11.8 Å². The summed E-state index contributed by atoms with van der Waals surface area (Å²) in [6, 6.07) is 8.43. The maximum atomic E-state index is 6.33. The molecule has 0 spiro atoms. The molecular weight excluding hydrogens is 373 g/mol. The Hall–Kier alpha value is 0.0300. The second-order valence-electron chi connectivity index (χ2n) is 6.51. The van der Waals surface area contributed by atoms with Crippen molar-refractivity contribution < 1.29 is 0 Å². The molecule has 2 aromatic rings. The van der Waals surface area contributed by atoms with Crippen LogP contribution in [0.2, 0.25) is 0 Å². The van der Waals surface area contributed by atoms with Crippen LogP contribution in [0.15, 0.2) is 28.6 Å². The molecule has 0 aliphatic carbocycles. The highest BCUT2D eigenvalue weighted by molar-refractivity contribution is 8.12. The highest BCUT2D eigenvalue weighted by Gasteiger charge is 2.35. The quantitative estimate of drug-likeness (QED) is 0.509. The fourth-order valence-electron chi connectivity index (χ4n) is 3.65. The maximum Gasteiger partial charge on any atom is 0.151 e. The van der Waals surface area contributed by atoms with E-state index in [9.17, 15) is 0 Å². The number of benzene rings is 1. The van der Waals surface area contributed by atoms with E-state index >= 15 is 0 Å². The van der Waals surface area contributed by atoms with Crippen LogP contribution in [0.5, 0.6) is 0 Å². The van der Waals surface area contributed by atoms with Crippen molar-refractivity contribution in [2.75, 3.05) is 38.1 Å². The molecule has 3 heterocycles. The summed E-state index contributed by atoms with van der Waals surface area (Å²) in [5, 5.41) is 0. The van der Waals surface area contributed by atoms with Gasteiger partial charge in [-0.2, -0.15) is 0 Å². The fourth-order valence-corrected chi connectivity index (χ4v) is 11.1. The van der Waals surface area contributed by atoms with Gasteiger partial charge < -0.3 is 0 Å². The molecule has 3 nitrogen and oxygen atoms in total. The number of fused-ring (bicyclic) bond motifs is 1. The number of nitrogens with zero attached hydrogens (tertiary/aromatic N) is 3. The summed E-state index contributed by atoms with van der Waals surface area (Å²) < 4.78 is 7.83. The van der Waals surface area contributed by atoms with E-state index in [2.05, 4.69) is 33.6 Å². The molecular formula is C17H24N3PS3. The van der Waals surface area contributed by atoms with E-state index in [1.807, 2.05) is 23.1 Å². The molecule has 24 heavy (non-hydrogen) atoms. The molecule has 0 saturated carbocycles. The van der Waals surface area contributed by atoms with E-state index in [1.54, 1.807) is 0 Å². The van der Waals surface area contributed by atoms with E-state index in [1.165, 1.54) is 60.9 Å². The van der Waals surface area contributed by atoms with Crippen LogP contribution in [-0.4, -0.2) is 52.4 Å². The third-order valence-corrected chi connectivity index (χ3v) is 12.7. The Balaban J connectivity index is 1.43. The minimum absolute atomic E-state index is 1.10. The van der Waals surface area contributed by atoms with Gasteiger partial charge in [-0.3, -0.25) is 9.34 Å². The van der Waals surface area contributed by atoms with Crippen molar-refractivity contribution in [3.8, 4) is 0 Å². The molecule has 0 N–H and O–H groups in total. The number of hydrogen-bond donors (Lipinski definition) is 0. The number of para-hydroxylation sites is 1. The van der Waals surface area contributed by atoms with Crippen LogP contribution >= 0.6 is 29.4 Å². The first kappa shape index (κ1) is 17.4. The van der Waals surface area contributed by atoms with Gasteiger partial charge in [-0.25, -0.2) is 4.98 Å². The number of rotatable bonds is 6. The molecule has 1 aromatic heterocycles. The summed E-state index contributed by atoms with van der Waals surface area (Å²) in [6.45, 7) is 4.89. The predicted molar refractivity (Wildman–Crippen MR) is 111 cm³/mol. The SMILES string of the molecule is S=P(CCSc1nc2ccccc2s1)(N1CCCC1)N1CCCC1. The van der Waals surface area contributed by atoms with Crippen molar-refractivity contribution in [2.45, 2.75) is 30.0 Å². The van der Waals surface area contributed by atoms with Crippen LogP contribution in [0, 0.1) is 0 Å². The molecule has 0 bridgehead atoms. The van der Waals surface area contributed by atoms with Crippen molar-refractivity contribution in [3.05, 3.63) is 24.3 Å². The molecule has 7 heteroatoms. The molecule has 4 rings (SSSR count). The second kappa shape index (κ2) is 7.73. The van der Waals surface area contributed by atoms with Crippen LogP contribution < -0.4 is 0 Å². The van der Waals surface area contributed by atoms with Gasteiger partial charge in [0.15, 0.2) is 4.34 Å². The summed E-state index contributed by atoms with van der Waals surface area (Å²) in [6.07, 6.45) is 4.95. The third-order valence-electron chi connectivity index (χ3n) is 4.93. The molecule has 2 aliphatic rings. The van der Waals surface area contributed by atoms with E-state index in [4.69, 9.17) is 16.8 Å². The average Bonchev–Trinajstić information content (AvgIpc) is 3.34. The molecule has 0 radical (unpaired) electrons. The summed E-state index contributed by atoms with van der Waals surface area (Å²) in [4.78, 5) is 4.76. The lowest BCUT2D eigenvalue weighted by Gasteiger charge is -2.39. The molecule has 2 fully saturated rings. The zero-order chi connectivity index (χ0) is 16.4. The lowest BCUT2D eigenvalue weighted by Crippen LogP contribution is -2.30. The van der Waals surface area contributed by atoms with E-state index < -0.39 is 6.34 Å². The summed E-state index contributed by atoms with van der Waals surface area (Å²) in [7, 11) is 0. The summed E-state index contributed by atoms with van der Waals surface area (Å²) >= 11 is 10.1. The Kier molecular flexibility index (Phi) is 5.62. The summed E-state index contributed by atoms with van der Waals surface area (Å²) in [5.74, 6) is 1.10. The Morgan fingerprint density at radius 1 is 1.04 bits per heavy atom. The first-order valence-corrected chi connectivity index (χ1v) is 13.5. The molecule has 2 aliphatic heterocycles. The highest BCUT2D eigenvalue weighted by Crippen LogP contribution is 2.56. The minimum Gasteiger partial charge on any atom is -0.264 e. The fraction of sp³-hybridized carbons (Fsp3) is 0.588. The lowest BCUT2D eigenvalue weighted by atomic mass is 10.3. The maximum absolute atomic E-state index is 6.33. The number of thioether (sulfide) groups is 1. The van der Waals surface area contributed by atoms with Crippen molar-refractivity contribution in [1.29, 1.82) is 0 Å². The van der Waals surface area contributed by atoms with Gasteiger partial charge in [0.25, 0.3) is 0 Å². The van der Waals surface area contributed by atoms with Crippen LogP contribution in [0.1, 0.15) is 25.7 Å². The molecule has 0 amide bonds. The zero-order valence-electron chi connectivity index (χ0n) is 13.9. The second-order valence-corrected chi connectivity index (χ2v) is 13.5. The van der Waals surface area contributed by atoms with Gasteiger partial charge in [0.05, 0.1) is 16.6 Å². The van der Waals surface area contributed by atoms with Gasteiger partial charge in [0.1, 0.15) is 0 Å². The first-order valence-electron chi connectivity index (χ1n) is 8.84.